The van der Waals surface area contributed by atoms with Gasteiger partial charge in [0.2, 0.25) is 0 Å². The zero-order chi connectivity index (χ0) is 20.2. The molecule has 0 aliphatic carbocycles. The van der Waals surface area contributed by atoms with Crippen LogP contribution in [-0.2, 0) is 0 Å². The third kappa shape index (κ3) is 4.29. The minimum Gasteiger partial charge on any atom is -0.352 e. The Hall–Kier alpha value is -3.62. The number of nitrogens with zero attached hydrogens (tertiary/aromatic N) is 5. The van der Waals surface area contributed by atoms with Crippen molar-refractivity contribution >= 4 is 23.2 Å². The number of benzene rings is 1. The van der Waals surface area contributed by atoms with Gasteiger partial charge in [-0.2, -0.15) is 0 Å². The number of nitrogens with one attached hydrogen (secondary N) is 1. The fourth-order valence-corrected chi connectivity index (χ4v) is 3.12. The number of carbonyl (C=O) groups is 1. The molecule has 2 aromatic heterocycles. The van der Waals surface area contributed by atoms with E-state index in [1.807, 2.05) is 29.2 Å². The number of hydrogen-bond acceptors (Lipinski definition) is 6. The third-order valence-corrected chi connectivity index (χ3v) is 4.66. The van der Waals surface area contributed by atoms with Crippen molar-refractivity contribution in [2.75, 3.05) is 36.4 Å². The molecule has 9 heteroatoms. The summed E-state index contributed by atoms with van der Waals surface area (Å²) in [6, 6.07) is 10.3. The molecule has 0 bridgehead atoms. The molecule has 1 fully saturated rings. The van der Waals surface area contributed by atoms with Crippen LogP contribution in [0.3, 0.4) is 0 Å². The van der Waals surface area contributed by atoms with Crippen LogP contribution in [0.5, 0.6) is 0 Å². The van der Waals surface area contributed by atoms with Crippen molar-refractivity contribution in [1.29, 1.82) is 0 Å². The normalized spacial score (nSPS) is 14.0. The molecule has 4 rings (SSSR count). The highest BCUT2D eigenvalue weighted by atomic mass is 19.1. The lowest BCUT2D eigenvalue weighted by molar-refractivity contribution is 0.0741. The summed E-state index contributed by atoms with van der Waals surface area (Å²) in [4.78, 5) is 20.0. The Bertz CT molecular complexity index is 992. The molecule has 0 atom stereocenters. The summed E-state index contributed by atoms with van der Waals surface area (Å²) in [5.74, 6) is -0.680. The van der Waals surface area contributed by atoms with E-state index in [1.54, 1.807) is 17.3 Å². The van der Waals surface area contributed by atoms with Gasteiger partial charge in [0, 0.05) is 50.3 Å². The molecule has 7 nitrogen and oxygen atoms in total. The van der Waals surface area contributed by atoms with E-state index in [-0.39, 0.29) is 5.56 Å². The molecule has 0 spiro atoms. The molecule has 3 heterocycles. The molecule has 0 unspecified atom stereocenters. The quantitative estimate of drug-likeness (QED) is 0.731. The molecule has 29 heavy (non-hydrogen) atoms. The third-order valence-electron chi connectivity index (χ3n) is 4.66. The van der Waals surface area contributed by atoms with Crippen LogP contribution in [0.4, 0.5) is 26.1 Å². The van der Waals surface area contributed by atoms with Gasteiger partial charge in [0.25, 0.3) is 5.91 Å². The first-order valence-corrected chi connectivity index (χ1v) is 9.10. The van der Waals surface area contributed by atoms with Gasteiger partial charge in [-0.1, -0.05) is 0 Å². The Balaban J connectivity index is 1.36. The van der Waals surface area contributed by atoms with E-state index >= 15 is 0 Å². The fourth-order valence-electron chi connectivity index (χ4n) is 3.12. The molecule has 1 aliphatic heterocycles. The van der Waals surface area contributed by atoms with Crippen molar-refractivity contribution in [2.24, 2.45) is 0 Å². The zero-order valence-corrected chi connectivity index (χ0v) is 15.4. The molecule has 0 saturated carbocycles. The maximum Gasteiger partial charge on any atom is 0.256 e. The number of pyridine rings is 1. The van der Waals surface area contributed by atoms with Crippen molar-refractivity contribution in [1.82, 2.24) is 20.1 Å². The number of piperazine rings is 1. The van der Waals surface area contributed by atoms with E-state index in [1.165, 1.54) is 6.07 Å². The predicted molar refractivity (Wildman–Crippen MR) is 104 cm³/mol. The van der Waals surface area contributed by atoms with E-state index in [0.717, 1.165) is 17.8 Å². The molecule has 3 aromatic rings. The van der Waals surface area contributed by atoms with Crippen LogP contribution in [0, 0.1) is 11.6 Å². The predicted octanol–water partition coefficient (Wildman–Crippen LogP) is 2.86. The topological polar surface area (TPSA) is 74.2 Å². The number of hydrogen-bond donors (Lipinski definition) is 1. The second-order valence-electron chi connectivity index (χ2n) is 6.54. The number of carbonyl (C=O) groups excluding carboxylic acids is 1. The van der Waals surface area contributed by atoms with Gasteiger partial charge in [-0.25, -0.2) is 8.78 Å². The molecule has 1 amide bonds. The van der Waals surface area contributed by atoms with Crippen LogP contribution in [0.15, 0.2) is 54.9 Å². The second-order valence-corrected chi connectivity index (χ2v) is 6.54. The standard InChI is InChI=1S/C20H18F2N6O/c21-14-1-2-16(17(22)13-14)20(29)28-11-9-27(10-12-28)19-4-3-18(25-26-19)24-15-5-7-23-8-6-15/h1-8,13H,9-12H2,(H,23,24,25). The van der Waals surface area contributed by atoms with Gasteiger partial charge in [0.1, 0.15) is 11.6 Å². The number of halogens is 2. The van der Waals surface area contributed by atoms with Gasteiger partial charge in [0.05, 0.1) is 5.56 Å². The smallest absolute Gasteiger partial charge is 0.256 e. The van der Waals surface area contributed by atoms with Gasteiger partial charge in [-0.15, -0.1) is 10.2 Å². The summed E-state index contributed by atoms with van der Waals surface area (Å²) in [6.45, 7) is 1.91. The average Bonchev–Trinajstić information content (AvgIpc) is 2.75. The van der Waals surface area contributed by atoms with E-state index in [9.17, 15) is 13.6 Å². The minimum atomic E-state index is -0.847. The molecule has 1 aliphatic rings. The van der Waals surface area contributed by atoms with Crippen molar-refractivity contribution in [2.45, 2.75) is 0 Å². The van der Waals surface area contributed by atoms with E-state index in [4.69, 9.17) is 0 Å². The summed E-state index contributed by atoms with van der Waals surface area (Å²) in [5.41, 5.74) is 0.744. The number of rotatable bonds is 4. The lowest BCUT2D eigenvalue weighted by atomic mass is 10.1. The van der Waals surface area contributed by atoms with E-state index in [2.05, 4.69) is 20.5 Å². The van der Waals surface area contributed by atoms with Crippen molar-refractivity contribution in [3.63, 3.8) is 0 Å². The molecule has 1 saturated heterocycles. The van der Waals surface area contributed by atoms with Crippen LogP contribution in [-0.4, -0.2) is 52.2 Å². The van der Waals surface area contributed by atoms with Gasteiger partial charge < -0.3 is 15.1 Å². The monoisotopic (exact) mass is 396 g/mol. The van der Waals surface area contributed by atoms with E-state index in [0.29, 0.717) is 37.8 Å². The SMILES string of the molecule is O=C(c1ccc(F)cc1F)N1CCN(c2ccc(Nc3ccncc3)nn2)CC1. The summed E-state index contributed by atoms with van der Waals surface area (Å²) < 4.78 is 26.9. The Morgan fingerprint density at radius 3 is 2.34 bits per heavy atom. The number of aromatic nitrogens is 3. The van der Waals surface area contributed by atoms with Crippen LogP contribution >= 0.6 is 0 Å². The largest absolute Gasteiger partial charge is 0.352 e. The maximum atomic E-state index is 13.9. The molecular weight excluding hydrogens is 378 g/mol. The molecule has 1 N–H and O–H groups in total. The highest BCUT2D eigenvalue weighted by molar-refractivity contribution is 5.94. The van der Waals surface area contributed by atoms with Crippen molar-refractivity contribution < 1.29 is 13.6 Å². The molecular formula is C20H18F2N6O. The summed E-state index contributed by atoms with van der Waals surface area (Å²) in [5, 5.41) is 11.6. The fraction of sp³-hybridized carbons (Fsp3) is 0.200. The Labute approximate surface area is 166 Å². The summed E-state index contributed by atoms with van der Waals surface area (Å²) >= 11 is 0. The van der Waals surface area contributed by atoms with E-state index < -0.39 is 17.5 Å². The highest BCUT2D eigenvalue weighted by Gasteiger charge is 2.25. The first-order chi connectivity index (χ1) is 14.1. The van der Waals surface area contributed by atoms with Crippen molar-refractivity contribution in [3.05, 3.63) is 72.1 Å². The summed E-state index contributed by atoms with van der Waals surface area (Å²) in [7, 11) is 0. The number of amides is 1. The lowest BCUT2D eigenvalue weighted by Crippen LogP contribution is -2.49. The Morgan fingerprint density at radius 1 is 0.931 bits per heavy atom. The zero-order valence-electron chi connectivity index (χ0n) is 15.4. The molecule has 0 radical (unpaired) electrons. The average molecular weight is 396 g/mol. The lowest BCUT2D eigenvalue weighted by Gasteiger charge is -2.35. The molecule has 1 aromatic carbocycles. The van der Waals surface area contributed by atoms with Gasteiger partial charge >= 0.3 is 0 Å². The Kier molecular flexibility index (Phi) is 5.28. The molecule has 148 valence electrons. The summed E-state index contributed by atoms with van der Waals surface area (Å²) in [6.07, 6.45) is 3.37. The van der Waals surface area contributed by atoms with Crippen LogP contribution in [0.2, 0.25) is 0 Å². The van der Waals surface area contributed by atoms with Crippen molar-refractivity contribution in [3.8, 4) is 0 Å². The highest BCUT2D eigenvalue weighted by Crippen LogP contribution is 2.19. The maximum absolute atomic E-state index is 13.9. The minimum absolute atomic E-state index is 0.119. The Morgan fingerprint density at radius 2 is 1.69 bits per heavy atom. The first kappa shape index (κ1) is 18.7. The van der Waals surface area contributed by atoms with Crippen LogP contribution < -0.4 is 10.2 Å². The number of anilines is 3. The van der Waals surface area contributed by atoms with Gasteiger partial charge in [-0.3, -0.25) is 9.78 Å². The van der Waals surface area contributed by atoms with Crippen LogP contribution in [0.1, 0.15) is 10.4 Å². The second kappa shape index (κ2) is 8.17. The van der Waals surface area contributed by atoms with Gasteiger partial charge in [0.15, 0.2) is 11.6 Å². The van der Waals surface area contributed by atoms with Gasteiger partial charge in [-0.05, 0) is 36.4 Å². The first-order valence-electron chi connectivity index (χ1n) is 9.10. The van der Waals surface area contributed by atoms with Crippen LogP contribution in [0.25, 0.3) is 0 Å².